The Labute approximate surface area is 169 Å². The third kappa shape index (κ3) is 7.45. The standard InChI is InChI=1S/C18H32N6.HI/c1-15(2)17(24-11-9-23(4)10-12-24)14-22-18(19-3)21-13-16-7-5-6-8-20-16;/h5-8,15,17H,9-14H2,1-4H3,(H2,19,21,22);1H. The summed E-state index contributed by atoms with van der Waals surface area (Å²) in [4.78, 5) is 13.7. The Morgan fingerprint density at radius 2 is 1.92 bits per heavy atom. The lowest BCUT2D eigenvalue weighted by molar-refractivity contribution is 0.0900. The molecule has 0 amide bonds. The smallest absolute Gasteiger partial charge is 0.191 e. The summed E-state index contributed by atoms with van der Waals surface area (Å²) in [5.41, 5.74) is 1.01. The van der Waals surface area contributed by atoms with Crippen LogP contribution >= 0.6 is 24.0 Å². The van der Waals surface area contributed by atoms with Gasteiger partial charge in [0, 0.05) is 52.0 Å². The average molecular weight is 460 g/mol. The van der Waals surface area contributed by atoms with Crippen LogP contribution in [0.5, 0.6) is 0 Å². The van der Waals surface area contributed by atoms with Crippen molar-refractivity contribution >= 4 is 29.9 Å². The molecule has 2 N–H and O–H groups in total. The zero-order chi connectivity index (χ0) is 17.4. The highest BCUT2D eigenvalue weighted by Crippen LogP contribution is 2.12. The quantitative estimate of drug-likeness (QED) is 0.384. The lowest BCUT2D eigenvalue weighted by atomic mass is 10.0. The lowest BCUT2D eigenvalue weighted by Crippen LogP contribution is -2.55. The molecule has 1 aliphatic rings. The summed E-state index contributed by atoms with van der Waals surface area (Å²) in [6.45, 7) is 10.8. The van der Waals surface area contributed by atoms with Crippen LogP contribution in [0.3, 0.4) is 0 Å². The zero-order valence-electron chi connectivity index (χ0n) is 15.9. The molecule has 1 aliphatic heterocycles. The molecule has 142 valence electrons. The van der Waals surface area contributed by atoms with Crippen LogP contribution in [-0.2, 0) is 6.54 Å². The van der Waals surface area contributed by atoms with Gasteiger partial charge in [-0.1, -0.05) is 19.9 Å². The fourth-order valence-corrected chi connectivity index (χ4v) is 3.04. The minimum atomic E-state index is 0. The van der Waals surface area contributed by atoms with E-state index in [1.165, 1.54) is 0 Å². The number of nitrogens with one attached hydrogen (secondary N) is 2. The normalized spacial score (nSPS) is 17.9. The molecule has 1 saturated heterocycles. The van der Waals surface area contributed by atoms with Crippen LogP contribution in [0, 0.1) is 5.92 Å². The van der Waals surface area contributed by atoms with Crippen molar-refractivity contribution in [2.45, 2.75) is 26.4 Å². The van der Waals surface area contributed by atoms with Crippen molar-refractivity contribution in [1.82, 2.24) is 25.4 Å². The van der Waals surface area contributed by atoms with Crippen LogP contribution in [0.4, 0.5) is 0 Å². The van der Waals surface area contributed by atoms with Gasteiger partial charge in [0.2, 0.25) is 0 Å². The molecule has 0 spiro atoms. The van der Waals surface area contributed by atoms with E-state index in [9.17, 15) is 0 Å². The fourth-order valence-electron chi connectivity index (χ4n) is 3.04. The molecule has 1 fully saturated rings. The second-order valence-corrected chi connectivity index (χ2v) is 6.78. The van der Waals surface area contributed by atoms with E-state index < -0.39 is 0 Å². The van der Waals surface area contributed by atoms with Crippen LogP contribution in [0.2, 0.25) is 0 Å². The van der Waals surface area contributed by atoms with Gasteiger partial charge in [-0.15, -0.1) is 24.0 Å². The minimum absolute atomic E-state index is 0. The molecular weight excluding hydrogens is 427 g/mol. The highest BCUT2D eigenvalue weighted by atomic mass is 127. The van der Waals surface area contributed by atoms with E-state index in [2.05, 4.69) is 51.3 Å². The molecule has 1 unspecified atom stereocenters. The van der Waals surface area contributed by atoms with Gasteiger partial charge in [0.1, 0.15) is 0 Å². The maximum absolute atomic E-state index is 4.33. The number of piperazine rings is 1. The van der Waals surface area contributed by atoms with Crippen LogP contribution < -0.4 is 10.6 Å². The summed E-state index contributed by atoms with van der Waals surface area (Å²) < 4.78 is 0. The molecule has 1 aromatic rings. The van der Waals surface area contributed by atoms with E-state index in [4.69, 9.17) is 0 Å². The number of aromatic nitrogens is 1. The largest absolute Gasteiger partial charge is 0.355 e. The number of hydrogen-bond donors (Lipinski definition) is 2. The summed E-state index contributed by atoms with van der Waals surface area (Å²) in [6.07, 6.45) is 1.81. The van der Waals surface area contributed by atoms with Crippen molar-refractivity contribution < 1.29 is 0 Å². The fraction of sp³-hybridized carbons (Fsp3) is 0.667. The molecule has 0 saturated carbocycles. The molecule has 1 aromatic heterocycles. The van der Waals surface area contributed by atoms with Gasteiger partial charge < -0.3 is 15.5 Å². The molecule has 7 heteroatoms. The Hall–Kier alpha value is -0.930. The first-order valence-corrected chi connectivity index (χ1v) is 8.87. The SMILES string of the molecule is CN=C(NCc1ccccn1)NCC(C(C)C)N1CCN(C)CC1.I. The van der Waals surface area contributed by atoms with E-state index in [-0.39, 0.29) is 24.0 Å². The maximum atomic E-state index is 4.33. The molecule has 1 atom stereocenters. The number of nitrogens with zero attached hydrogens (tertiary/aromatic N) is 4. The third-order valence-electron chi connectivity index (χ3n) is 4.64. The van der Waals surface area contributed by atoms with Gasteiger partial charge in [-0.3, -0.25) is 14.9 Å². The molecule has 0 bridgehead atoms. The monoisotopic (exact) mass is 460 g/mol. The molecular formula is C18H33IN6. The Kier molecular flexibility index (Phi) is 10.3. The Balaban J connectivity index is 0.00000312. The van der Waals surface area contributed by atoms with Crippen LogP contribution in [-0.4, -0.2) is 73.6 Å². The van der Waals surface area contributed by atoms with Gasteiger partial charge in [0.25, 0.3) is 0 Å². The molecule has 2 rings (SSSR count). The zero-order valence-corrected chi connectivity index (χ0v) is 18.2. The van der Waals surface area contributed by atoms with E-state index in [0.717, 1.165) is 44.4 Å². The van der Waals surface area contributed by atoms with E-state index in [0.29, 0.717) is 18.5 Å². The maximum Gasteiger partial charge on any atom is 0.191 e. The number of halogens is 1. The number of likely N-dealkylation sites (N-methyl/N-ethyl adjacent to an activating group) is 1. The average Bonchev–Trinajstić information content (AvgIpc) is 2.60. The van der Waals surface area contributed by atoms with Crippen molar-refractivity contribution in [3.05, 3.63) is 30.1 Å². The molecule has 2 heterocycles. The molecule has 0 radical (unpaired) electrons. The number of aliphatic imine (C=N–C) groups is 1. The second-order valence-electron chi connectivity index (χ2n) is 6.78. The van der Waals surface area contributed by atoms with Crippen LogP contribution in [0.15, 0.2) is 29.4 Å². The lowest BCUT2D eigenvalue weighted by Gasteiger charge is -2.40. The number of guanidine groups is 1. The van der Waals surface area contributed by atoms with Crippen molar-refractivity contribution in [1.29, 1.82) is 0 Å². The van der Waals surface area contributed by atoms with E-state index in [1.807, 2.05) is 31.4 Å². The minimum Gasteiger partial charge on any atom is -0.355 e. The van der Waals surface area contributed by atoms with Gasteiger partial charge in [-0.25, -0.2) is 0 Å². The Bertz CT molecular complexity index is 500. The van der Waals surface area contributed by atoms with Crippen molar-refractivity contribution in [2.24, 2.45) is 10.9 Å². The molecule has 6 nitrogen and oxygen atoms in total. The van der Waals surface area contributed by atoms with Crippen molar-refractivity contribution in [2.75, 3.05) is 46.8 Å². The first-order valence-electron chi connectivity index (χ1n) is 8.87. The molecule has 0 aliphatic carbocycles. The van der Waals surface area contributed by atoms with Crippen LogP contribution in [0.25, 0.3) is 0 Å². The highest BCUT2D eigenvalue weighted by molar-refractivity contribution is 14.0. The predicted molar refractivity (Wildman–Crippen MR) is 116 cm³/mol. The number of rotatable bonds is 6. The van der Waals surface area contributed by atoms with E-state index in [1.54, 1.807) is 0 Å². The topological polar surface area (TPSA) is 55.8 Å². The highest BCUT2D eigenvalue weighted by Gasteiger charge is 2.24. The molecule has 0 aromatic carbocycles. The van der Waals surface area contributed by atoms with E-state index >= 15 is 0 Å². The van der Waals surface area contributed by atoms with Gasteiger partial charge >= 0.3 is 0 Å². The van der Waals surface area contributed by atoms with Gasteiger partial charge in [-0.05, 0) is 25.1 Å². The summed E-state index contributed by atoms with van der Waals surface area (Å²) in [5, 5.41) is 6.83. The summed E-state index contributed by atoms with van der Waals surface area (Å²) in [7, 11) is 4.01. The second kappa shape index (κ2) is 11.6. The number of hydrogen-bond acceptors (Lipinski definition) is 4. The van der Waals surface area contributed by atoms with Crippen LogP contribution in [0.1, 0.15) is 19.5 Å². The summed E-state index contributed by atoms with van der Waals surface area (Å²) in [5.74, 6) is 1.44. The third-order valence-corrected chi connectivity index (χ3v) is 4.64. The van der Waals surface area contributed by atoms with Crippen molar-refractivity contribution in [3.63, 3.8) is 0 Å². The molecule has 25 heavy (non-hydrogen) atoms. The predicted octanol–water partition coefficient (Wildman–Crippen LogP) is 1.64. The van der Waals surface area contributed by atoms with Gasteiger partial charge in [-0.2, -0.15) is 0 Å². The summed E-state index contributed by atoms with van der Waals surface area (Å²) in [6, 6.07) is 6.47. The Morgan fingerprint density at radius 3 is 2.48 bits per heavy atom. The Morgan fingerprint density at radius 1 is 1.20 bits per heavy atom. The van der Waals surface area contributed by atoms with Crippen molar-refractivity contribution in [3.8, 4) is 0 Å². The number of pyridine rings is 1. The first-order chi connectivity index (χ1) is 11.6. The summed E-state index contributed by atoms with van der Waals surface area (Å²) >= 11 is 0. The van der Waals surface area contributed by atoms with Gasteiger partial charge in [0.15, 0.2) is 5.96 Å². The first kappa shape index (κ1) is 22.1. The van der Waals surface area contributed by atoms with Gasteiger partial charge in [0.05, 0.1) is 12.2 Å².